The summed E-state index contributed by atoms with van der Waals surface area (Å²) in [5.41, 5.74) is 2.28. The Morgan fingerprint density at radius 3 is 2.86 bits per heavy atom. The first kappa shape index (κ1) is 16.1. The van der Waals surface area contributed by atoms with Crippen LogP contribution in [0.1, 0.15) is 43.3 Å². The maximum Gasteiger partial charge on any atom is 0.110 e. The average Bonchev–Trinajstić information content (AvgIpc) is 2.89. The van der Waals surface area contributed by atoms with E-state index in [0.29, 0.717) is 0 Å². The molecule has 1 atom stereocenters. The molecule has 0 radical (unpaired) electrons. The molecule has 1 aromatic heterocycles. The fraction of sp³-hybridized carbons (Fsp3) is 0.471. The van der Waals surface area contributed by atoms with E-state index in [9.17, 15) is 0 Å². The first-order valence-corrected chi connectivity index (χ1v) is 8.03. The first-order chi connectivity index (χ1) is 10.2. The highest BCUT2D eigenvalue weighted by Gasteiger charge is 2.17. The van der Waals surface area contributed by atoms with Crippen molar-refractivity contribution < 1.29 is 0 Å². The zero-order valence-electron chi connectivity index (χ0n) is 13.1. The van der Waals surface area contributed by atoms with E-state index in [4.69, 9.17) is 11.6 Å². The van der Waals surface area contributed by atoms with Gasteiger partial charge in [-0.2, -0.15) is 0 Å². The molecule has 1 unspecified atom stereocenters. The summed E-state index contributed by atoms with van der Waals surface area (Å²) < 4.78 is 2.23. The molecule has 0 aliphatic carbocycles. The number of nitrogens with zero attached hydrogens (tertiary/aromatic N) is 2. The van der Waals surface area contributed by atoms with Gasteiger partial charge in [-0.15, -0.1) is 0 Å². The molecule has 1 heterocycles. The molecule has 0 bridgehead atoms. The molecule has 0 saturated heterocycles. The third-order valence-corrected chi connectivity index (χ3v) is 4.22. The summed E-state index contributed by atoms with van der Waals surface area (Å²) in [5.74, 6) is 1.11. The predicted octanol–water partition coefficient (Wildman–Crippen LogP) is 4.15. The zero-order valence-corrected chi connectivity index (χ0v) is 13.8. The number of benzene rings is 1. The van der Waals surface area contributed by atoms with Crippen LogP contribution in [0.15, 0.2) is 30.6 Å². The second kappa shape index (κ2) is 7.62. The fourth-order valence-electron chi connectivity index (χ4n) is 2.63. The molecule has 0 aliphatic heterocycles. The maximum atomic E-state index is 6.50. The van der Waals surface area contributed by atoms with Crippen LogP contribution < -0.4 is 5.32 Å². The Bertz CT molecular complexity index is 577. The lowest BCUT2D eigenvalue weighted by molar-refractivity contribution is 0.516. The lowest BCUT2D eigenvalue weighted by Gasteiger charge is -2.20. The molecule has 0 saturated carbocycles. The molecule has 0 aliphatic rings. The zero-order chi connectivity index (χ0) is 15.2. The summed E-state index contributed by atoms with van der Waals surface area (Å²) >= 11 is 6.50. The Kier molecular flexibility index (Phi) is 5.83. The van der Waals surface area contributed by atoms with Gasteiger partial charge in [0, 0.05) is 36.4 Å². The monoisotopic (exact) mass is 305 g/mol. The van der Waals surface area contributed by atoms with Gasteiger partial charge in [0.15, 0.2) is 0 Å². The van der Waals surface area contributed by atoms with E-state index in [0.717, 1.165) is 47.9 Å². The summed E-state index contributed by atoms with van der Waals surface area (Å²) in [4.78, 5) is 4.51. The van der Waals surface area contributed by atoms with Gasteiger partial charge in [0.05, 0.1) is 0 Å². The molecular weight excluding hydrogens is 282 g/mol. The van der Waals surface area contributed by atoms with Crippen molar-refractivity contribution >= 4 is 11.6 Å². The molecule has 0 amide bonds. The normalized spacial score (nSPS) is 12.6. The van der Waals surface area contributed by atoms with Gasteiger partial charge in [0.1, 0.15) is 5.82 Å². The fourth-order valence-corrected chi connectivity index (χ4v) is 2.89. The molecule has 114 valence electrons. The lowest BCUT2D eigenvalue weighted by Crippen LogP contribution is -2.25. The summed E-state index contributed by atoms with van der Waals surface area (Å²) in [6.07, 6.45) is 5.90. The molecule has 1 N–H and O–H groups in total. The van der Waals surface area contributed by atoms with E-state index in [1.54, 1.807) is 0 Å². The van der Waals surface area contributed by atoms with E-state index in [-0.39, 0.29) is 6.04 Å². The maximum absolute atomic E-state index is 6.50. The SMILES string of the molecule is CCCn1ccnc1CC(NCC)c1cccc(C)c1Cl. The molecule has 2 rings (SSSR count). The first-order valence-electron chi connectivity index (χ1n) is 7.65. The van der Waals surface area contributed by atoms with Crippen LogP contribution in [-0.4, -0.2) is 16.1 Å². The Labute approximate surface area is 132 Å². The molecule has 0 fully saturated rings. The minimum Gasteiger partial charge on any atom is -0.335 e. The van der Waals surface area contributed by atoms with Gasteiger partial charge in [-0.1, -0.05) is 43.6 Å². The lowest BCUT2D eigenvalue weighted by atomic mass is 10.0. The van der Waals surface area contributed by atoms with Crippen molar-refractivity contribution in [2.75, 3.05) is 6.54 Å². The quantitative estimate of drug-likeness (QED) is 0.833. The van der Waals surface area contributed by atoms with Gasteiger partial charge in [-0.3, -0.25) is 0 Å². The number of likely N-dealkylation sites (N-methyl/N-ethyl adjacent to an activating group) is 1. The molecule has 2 aromatic rings. The van der Waals surface area contributed by atoms with Crippen molar-refractivity contribution in [2.24, 2.45) is 0 Å². The summed E-state index contributed by atoms with van der Waals surface area (Å²) in [6, 6.07) is 6.42. The Balaban J connectivity index is 2.26. The van der Waals surface area contributed by atoms with Crippen LogP contribution >= 0.6 is 11.6 Å². The number of nitrogens with one attached hydrogen (secondary N) is 1. The molecule has 0 spiro atoms. The van der Waals surface area contributed by atoms with Crippen molar-refractivity contribution in [1.82, 2.24) is 14.9 Å². The van der Waals surface area contributed by atoms with E-state index in [2.05, 4.69) is 47.0 Å². The predicted molar refractivity (Wildman–Crippen MR) is 88.8 cm³/mol. The average molecular weight is 306 g/mol. The number of halogens is 1. The van der Waals surface area contributed by atoms with Crippen molar-refractivity contribution in [3.8, 4) is 0 Å². The Hall–Kier alpha value is -1.32. The van der Waals surface area contributed by atoms with Crippen LogP contribution in [0, 0.1) is 6.92 Å². The number of aryl methyl sites for hydroxylation is 2. The van der Waals surface area contributed by atoms with Gasteiger partial charge in [0.25, 0.3) is 0 Å². The largest absolute Gasteiger partial charge is 0.335 e. The van der Waals surface area contributed by atoms with Gasteiger partial charge >= 0.3 is 0 Å². The molecule has 1 aromatic carbocycles. The standard InChI is InChI=1S/C17H24ClN3/c1-4-10-21-11-9-20-16(21)12-15(19-5-2)14-8-6-7-13(3)17(14)18/h6-9,11,15,19H,4-5,10,12H2,1-3H3. The van der Waals surface area contributed by atoms with Crippen LogP contribution in [0.5, 0.6) is 0 Å². The van der Waals surface area contributed by atoms with E-state index < -0.39 is 0 Å². The van der Waals surface area contributed by atoms with Gasteiger partial charge in [-0.05, 0) is 31.0 Å². The molecule has 21 heavy (non-hydrogen) atoms. The summed E-state index contributed by atoms with van der Waals surface area (Å²) in [6.45, 7) is 8.27. The van der Waals surface area contributed by atoms with Crippen molar-refractivity contribution in [3.05, 3.63) is 52.6 Å². The number of imidazole rings is 1. The second-order valence-corrected chi connectivity index (χ2v) is 5.71. The van der Waals surface area contributed by atoms with E-state index >= 15 is 0 Å². The number of hydrogen-bond donors (Lipinski definition) is 1. The number of aromatic nitrogens is 2. The van der Waals surface area contributed by atoms with Crippen LogP contribution in [0.3, 0.4) is 0 Å². The Morgan fingerprint density at radius 2 is 2.14 bits per heavy atom. The highest BCUT2D eigenvalue weighted by atomic mass is 35.5. The third-order valence-electron chi connectivity index (χ3n) is 3.70. The smallest absolute Gasteiger partial charge is 0.110 e. The number of rotatable bonds is 7. The molecule has 3 nitrogen and oxygen atoms in total. The molecule has 4 heteroatoms. The van der Waals surface area contributed by atoms with E-state index in [1.165, 1.54) is 0 Å². The van der Waals surface area contributed by atoms with Crippen LogP contribution in [0.2, 0.25) is 5.02 Å². The highest BCUT2D eigenvalue weighted by Crippen LogP contribution is 2.28. The van der Waals surface area contributed by atoms with Crippen LogP contribution in [-0.2, 0) is 13.0 Å². The van der Waals surface area contributed by atoms with Crippen molar-refractivity contribution in [3.63, 3.8) is 0 Å². The minimum atomic E-state index is 0.195. The third kappa shape index (κ3) is 3.86. The summed E-state index contributed by atoms with van der Waals surface area (Å²) in [5, 5.41) is 4.40. The van der Waals surface area contributed by atoms with Gasteiger partial charge in [-0.25, -0.2) is 4.98 Å². The summed E-state index contributed by atoms with van der Waals surface area (Å²) in [7, 11) is 0. The van der Waals surface area contributed by atoms with Crippen molar-refractivity contribution in [2.45, 2.75) is 46.2 Å². The topological polar surface area (TPSA) is 29.9 Å². The van der Waals surface area contributed by atoms with Crippen LogP contribution in [0.4, 0.5) is 0 Å². The van der Waals surface area contributed by atoms with Crippen LogP contribution in [0.25, 0.3) is 0 Å². The van der Waals surface area contributed by atoms with E-state index in [1.807, 2.05) is 19.2 Å². The van der Waals surface area contributed by atoms with Gasteiger partial charge in [0.2, 0.25) is 0 Å². The minimum absolute atomic E-state index is 0.195. The molecular formula is C17H24ClN3. The van der Waals surface area contributed by atoms with Gasteiger partial charge < -0.3 is 9.88 Å². The highest BCUT2D eigenvalue weighted by molar-refractivity contribution is 6.32. The number of hydrogen-bond acceptors (Lipinski definition) is 2. The van der Waals surface area contributed by atoms with Crippen molar-refractivity contribution in [1.29, 1.82) is 0 Å². The second-order valence-electron chi connectivity index (χ2n) is 5.33. The Morgan fingerprint density at radius 1 is 1.33 bits per heavy atom.